The number of alkyl halides is 3. The van der Waals surface area contributed by atoms with Gasteiger partial charge in [0, 0.05) is 12.2 Å². The fourth-order valence-corrected chi connectivity index (χ4v) is 3.70. The summed E-state index contributed by atoms with van der Waals surface area (Å²) in [6, 6.07) is 23.7. The Hall–Kier alpha value is -2.75. The molecule has 0 spiro atoms. The summed E-state index contributed by atoms with van der Waals surface area (Å²) in [6.45, 7) is 0.678. The zero-order chi connectivity index (χ0) is 18.1. The lowest BCUT2D eigenvalue weighted by Gasteiger charge is -2.39. The predicted octanol–water partition coefficient (Wildman–Crippen LogP) is 5.86. The zero-order valence-electron chi connectivity index (χ0n) is 14.1. The van der Waals surface area contributed by atoms with Crippen LogP contribution in [0.3, 0.4) is 0 Å². The highest BCUT2D eigenvalue weighted by Gasteiger charge is 2.33. The summed E-state index contributed by atoms with van der Waals surface area (Å²) >= 11 is 0. The average Bonchev–Trinajstić information content (AvgIpc) is 2.67. The molecule has 0 N–H and O–H groups in total. The molecule has 1 aliphatic rings. The fourth-order valence-electron chi connectivity index (χ4n) is 3.70. The minimum atomic E-state index is -4.34. The zero-order valence-corrected chi connectivity index (χ0v) is 14.1. The quantitative estimate of drug-likeness (QED) is 0.558. The van der Waals surface area contributed by atoms with Gasteiger partial charge in [-0.05, 0) is 41.3 Å². The summed E-state index contributed by atoms with van der Waals surface area (Å²) in [5.41, 5.74) is 3.48. The van der Waals surface area contributed by atoms with Crippen molar-refractivity contribution in [3.8, 4) is 0 Å². The molecule has 1 unspecified atom stereocenters. The molecule has 4 rings (SSSR count). The molecule has 0 saturated carbocycles. The first-order valence-corrected chi connectivity index (χ1v) is 8.61. The first-order valence-electron chi connectivity index (χ1n) is 8.61. The lowest BCUT2D eigenvalue weighted by Crippen LogP contribution is -2.36. The maximum Gasteiger partial charge on any atom is 0.416 e. The van der Waals surface area contributed by atoms with Crippen LogP contribution in [0, 0.1) is 0 Å². The Morgan fingerprint density at radius 1 is 0.808 bits per heavy atom. The van der Waals surface area contributed by atoms with Gasteiger partial charge in [-0.25, -0.2) is 0 Å². The summed E-state index contributed by atoms with van der Waals surface area (Å²) in [4.78, 5) is 2.08. The summed E-state index contributed by atoms with van der Waals surface area (Å²) in [7, 11) is 0. The van der Waals surface area contributed by atoms with E-state index in [4.69, 9.17) is 0 Å². The molecular formula is C22H18F3N. The Morgan fingerprint density at radius 2 is 1.54 bits per heavy atom. The number of hydrogen-bond acceptors (Lipinski definition) is 1. The van der Waals surface area contributed by atoms with Crippen molar-refractivity contribution in [3.05, 3.63) is 101 Å². The third-order valence-corrected chi connectivity index (χ3v) is 4.90. The molecule has 132 valence electrons. The van der Waals surface area contributed by atoms with Gasteiger partial charge in [0.15, 0.2) is 0 Å². The van der Waals surface area contributed by atoms with Crippen LogP contribution in [0.5, 0.6) is 0 Å². The van der Waals surface area contributed by atoms with E-state index in [9.17, 15) is 13.2 Å². The van der Waals surface area contributed by atoms with Gasteiger partial charge in [0.05, 0.1) is 11.6 Å². The Kier molecular flexibility index (Phi) is 4.19. The molecule has 1 atom stereocenters. The van der Waals surface area contributed by atoms with E-state index in [-0.39, 0.29) is 6.04 Å². The first kappa shape index (κ1) is 16.7. The van der Waals surface area contributed by atoms with Crippen molar-refractivity contribution in [1.29, 1.82) is 0 Å². The fraction of sp³-hybridized carbons (Fsp3) is 0.182. The van der Waals surface area contributed by atoms with Gasteiger partial charge >= 0.3 is 6.18 Å². The van der Waals surface area contributed by atoms with Crippen LogP contribution < -0.4 is 4.90 Å². The highest BCUT2D eigenvalue weighted by atomic mass is 19.4. The number of anilines is 1. The van der Waals surface area contributed by atoms with Crippen molar-refractivity contribution in [2.24, 2.45) is 0 Å². The van der Waals surface area contributed by atoms with E-state index in [1.807, 2.05) is 42.5 Å². The van der Waals surface area contributed by atoms with E-state index < -0.39 is 11.7 Å². The van der Waals surface area contributed by atoms with Crippen LogP contribution in [-0.2, 0) is 12.6 Å². The summed E-state index contributed by atoms with van der Waals surface area (Å²) in [6.07, 6.45) is -3.53. The molecule has 1 nitrogen and oxygen atoms in total. The van der Waals surface area contributed by atoms with Crippen molar-refractivity contribution in [1.82, 2.24) is 0 Å². The van der Waals surface area contributed by atoms with E-state index >= 15 is 0 Å². The maximum atomic E-state index is 13.2. The predicted molar refractivity (Wildman–Crippen MR) is 97.2 cm³/mol. The van der Waals surface area contributed by atoms with E-state index in [0.29, 0.717) is 12.2 Å². The number of fused-ring (bicyclic) bond motifs is 1. The van der Waals surface area contributed by atoms with Gasteiger partial charge in [0.25, 0.3) is 0 Å². The maximum absolute atomic E-state index is 13.2. The third kappa shape index (κ3) is 3.07. The molecule has 0 fully saturated rings. The van der Waals surface area contributed by atoms with Crippen LogP contribution >= 0.6 is 0 Å². The monoisotopic (exact) mass is 353 g/mol. The Bertz CT molecular complexity index is 903. The molecule has 4 heteroatoms. The molecule has 0 radical (unpaired) electrons. The van der Waals surface area contributed by atoms with E-state index in [1.54, 1.807) is 6.07 Å². The van der Waals surface area contributed by atoms with Gasteiger partial charge in [-0.15, -0.1) is 0 Å². The molecule has 0 amide bonds. The van der Waals surface area contributed by atoms with Crippen molar-refractivity contribution in [3.63, 3.8) is 0 Å². The minimum absolute atomic E-state index is 0.0929. The van der Waals surface area contributed by atoms with Crippen molar-refractivity contribution >= 4 is 5.69 Å². The molecule has 0 aromatic heterocycles. The van der Waals surface area contributed by atoms with E-state index in [1.165, 1.54) is 17.7 Å². The molecule has 1 aliphatic heterocycles. The molecular weight excluding hydrogens is 335 g/mol. The van der Waals surface area contributed by atoms with Gasteiger partial charge in [0.1, 0.15) is 0 Å². The summed E-state index contributed by atoms with van der Waals surface area (Å²) in [5, 5.41) is 0. The normalized spacial score (nSPS) is 17.0. The van der Waals surface area contributed by atoms with Crippen LogP contribution in [-0.4, -0.2) is 6.54 Å². The number of nitrogens with zero attached hydrogens (tertiary/aromatic N) is 1. The highest BCUT2D eigenvalue weighted by molar-refractivity contribution is 5.57. The molecule has 3 aromatic rings. The molecule has 0 aliphatic carbocycles. The van der Waals surface area contributed by atoms with Gasteiger partial charge in [-0.2, -0.15) is 13.2 Å². The standard InChI is InChI=1S/C22H18F3N/c23-22(24,25)18-10-6-11-19(15-18)26-14-13-16-7-4-5-12-20(16)21(26)17-8-2-1-3-9-17/h1-12,15,21H,13-14H2. The van der Waals surface area contributed by atoms with Crippen molar-refractivity contribution in [2.75, 3.05) is 11.4 Å². The smallest absolute Gasteiger partial charge is 0.360 e. The summed E-state index contributed by atoms with van der Waals surface area (Å²) < 4.78 is 39.5. The molecule has 1 heterocycles. The average molecular weight is 353 g/mol. The lowest BCUT2D eigenvalue weighted by atomic mass is 9.87. The van der Waals surface area contributed by atoms with Gasteiger partial charge in [0.2, 0.25) is 0 Å². The molecule has 0 bridgehead atoms. The highest BCUT2D eigenvalue weighted by Crippen LogP contribution is 2.40. The van der Waals surface area contributed by atoms with Crippen molar-refractivity contribution < 1.29 is 13.2 Å². The topological polar surface area (TPSA) is 3.24 Å². The molecule has 0 saturated heterocycles. The second kappa shape index (κ2) is 6.52. The Labute approximate surface area is 150 Å². The summed E-state index contributed by atoms with van der Waals surface area (Å²) in [5.74, 6) is 0. The Balaban J connectivity index is 1.83. The number of hydrogen-bond donors (Lipinski definition) is 0. The van der Waals surface area contributed by atoms with Crippen molar-refractivity contribution in [2.45, 2.75) is 18.6 Å². The Morgan fingerprint density at radius 3 is 2.31 bits per heavy atom. The van der Waals surface area contributed by atoms with Gasteiger partial charge < -0.3 is 4.90 Å². The minimum Gasteiger partial charge on any atom is -0.360 e. The second-order valence-corrected chi connectivity index (χ2v) is 6.50. The van der Waals surface area contributed by atoms with Gasteiger partial charge in [-0.3, -0.25) is 0 Å². The van der Waals surface area contributed by atoms with Crippen LogP contribution in [0.4, 0.5) is 18.9 Å². The van der Waals surface area contributed by atoms with Crippen LogP contribution in [0.25, 0.3) is 0 Å². The first-order chi connectivity index (χ1) is 12.5. The SMILES string of the molecule is FC(F)(F)c1cccc(N2CCc3ccccc3C2c2ccccc2)c1. The number of benzene rings is 3. The van der Waals surface area contributed by atoms with Gasteiger partial charge in [-0.1, -0.05) is 60.7 Å². The molecule has 26 heavy (non-hydrogen) atoms. The largest absolute Gasteiger partial charge is 0.416 e. The number of rotatable bonds is 2. The molecule has 3 aromatic carbocycles. The third-order valence-electron chi connectivity index (χ3n) is 4.90. The van der Waals surface area contributed by atoms with Crippen LogP contribution in [0.15, 0.2) is 78.9 Å². The van der Waals surface area contributed by atoms with E-state index in [2.05, 4.69) is 17.0 Å². The second-order valence-electron chi connectivity index (χ2n) is 6.50. The van der Waals surface area contributed by atoms with E-state index in [0.717, 1.165) is 23.6 Å². The van der Waals surface area contributed by atoms with Crippen LogP contribution in [0.2, 0.25) is 0 Å². The van der Waals surface area contributed by atoms with Crippen LogP contribution in [0.1, 0.15) is 28.3 Å². The lowest BCUT2D eigenvalue weighted by molar-refractivity contribution is -0.137. The number of halogens is 3.